The molecule has 0 saturated carbocycles. The van der Waals surface area contributed by atoms with Crippen LogP contribution < -0.4 is 10.1 Å². The highest BCUT2D eigenvalue weighted by Gasteiger charge is 2.26. The van der Waals surface area contributed by atoms with Gasteiger partial charge in [-0.25, -0.2) is 4.39 Å². The van der Waals surface area contributed by atoms with Crippen LogP contribution in [0.25, 0.3) is 17.1 Å². The highest BCUT2D eigenvalue weighted by atomic mass is 19.1. The Labute approximate surface area is 216 Å². The van der Waals surface area contributed by atoms with Crippen molar-refractivity contribution in [1.82, 2.24) is 29.9 Å². The molecule has 2 heterocycles. The summed E-state index contributed by atoms with van der Waals surface area (Å²) in [5.74, 6) is -0.387. The lowest BCUT2D eigenvalue weighted by atomic mass is 9.98. The lowest BCUT2D eigenvalue weighted by Crippen LogP contribution is -2.43. The Kier molecular flexibility index (Phi) is 8.09. The van der Waals surface area contributed by atoms with Crippen LogP contribution in [0.15, 0.2) is 30.3 Å². The van der Waals surface area contributed by atoms with Crippen LogP contribution in [0.2, 0.25) is 0 Å². The molecule has 1 saturated heterocycles. The average molecular weight is 511 g/mol. The van der Waals surface area contributed by atoms with E-state index in [1.165, 1.54) is 23.8 Å². The third-order valence-electron chi connectivity index (χ3n) is 6.67. The minimum absolute atomic E-state index is 0.0658. The van der Waals surface area contributed by atoms with Crippen LogP contribution in [0.1, 0.15) is 48.4 Å². The number of ether oxygens (including phenoxy) is 1. The summed E-state index contributed by atoms with van der Waals surface area (Å²) in [6, 6.07) is 8.24. The van der Waals surface area contributed by atoms with E-state index in [1.807, 2.05) is 19.9 Å². The molecule has 0 unspecified atom stereocenters. The van der Waals surface area contributed by atoms with Crippen LogP contribution in [0, 0.1) is 5.82 Å². The van der Waals surface area contributed by atoms with E-state index in [9.17, 15) is 9.90 Å². The number of phenolic OH excluding ortho intramolecular Hbond substituents is 1. The minimum atomic E-state index is -0.504. The first-order chi connectivity index (χ1) is 17.7. The van der Waals surface area contributed by atoms with Gasteiger partial charge in [0.1, 0.15) is 17.3 Å². The molecule has 9 nitrogen and oxygen atoms in total. The molecule has 10 heteroatoms. The number of piperazine rings is 1. The van der Waals surface area contributed by atoms with Gasteiger partial charge in [0.2, 0.25) is 5.82 Å². The van der Waals surface area contributed by atoms with Crippen molar-refractivity contribution < 1.29 is 19.0 Å². The number of aromatic hydroxyl groups is 1. The Bertz CT molecular complexity index is 1270. The third-order valence-corrected chi connectivity index (χ3v) is 6.67. The molecule has 1 aliphatic heterocycles. The molecule has 0 bridgehead atoms. The number of aromatic nitrogens is 3. The van der Waals surface area contributed by atoms with Gasteiger partial charge >= 0.3 is 0 Å². The number of hydrogen-bond acceptors (Lipinski definition) is 7. The van der Waals surface area contributed by atoms with Crippen molar-refractivity contribution in [1.29, 1.82) is 0 Å². The first-order valence-electron chi connectivity index (χ1n) is 12.6. The zero-order valence-electron chi connectivity index (χ0n) is 22.1. The molecule has 1 fully saturated rings. The van der Waals surface area contributed by atoms with Gasteiger partial charge in [0.05, 0.1) is 18.4 Å². The van der Waals surface area contributed by atoms with Gasteiger partial charge in [-0.3, -0.25) is 14.3 Å². The first-order valence-corrected chi connectivity index (χ1v) is 12.6. The molecule has 1 amide bonds. The second kappa shape index (κ2) is 11.3. The summed E-state index contributed by atoms with van der Waals surface area (Å²) in [6.07, 6.45) is 0. The van der Waals surface area contributed by atoms with Gasteiger partial charge in [-0.05, 0) is 49.2 Å². The Morgan fingerprint density at radius 2 is 1.89 bits per heavy atom. The lowest BCUT2D eigenvalue weighted by molar-refractivity contribution is 0.0943. The quantitative estimate of drug-likeness (QED) is 0.480. The summed E-state index contributed by atoms with van der Waals surface area (Å²) < 4.78 is 22.5. The molecular weight excluding hydrogens is 475 g/mol. The molecule has 1 aromatic heterocycles. The van der Waals surface area contributed by atoms with Gasteiger partial charge in [0, 0.05) is 45.3 Å². The number of benzene rings is 2. The topological polar surface area (TPSA) is 95.8 Å². The number of rotatable bonds is 8. The van der Waals surface area contributed by atoms with E-state index in [1.54, 1.807) is 19.1 Å². The molecule has 1 aliphatic rings. The zero-order chi connectivity index (χ0) is 26.7. The number of hydrogen-bond donors (Lipinski definition) is 2. The van der Waals surface area contributed by atoms with Gasteiger partial charge in [-0.1, -0.05) is 19.9 Å². The number of carbonyl (C=O) groups excluding carboxylic acids is 1. The van der Waals surface area contributed by atoms with Crippen LogP contribution in [-0.2, 0) is 6.54 Å². The summed E-state index contributed by atoms with van der Waals surface area (Å²) in [4.78, 5) is 17.4. The van der Waals surface area contributed by atoms with Gasteiger partial charge in [0.15, 0.2) is 5.82 Å². The number of methoxy groups -OCH3 is 1. The number of halogens is 1. The fraction of sp³-hybridized carbons (Fsp3) is 0.444. The van der Waals surface area contributed by atoms with Gasteiger partial charge in [-0.15, -0.1) is 10.2 Å². The molecule has 0 radical (unpaired) electrons. The molecule has 0 aliphatic carbocycles. The summed E-state index contributed by atoms with van der Waals surface area (Å²) >= 11 is 0. The monoisotopic (exact) mass is 510 g/mol. The number of amides is 1. The summed E-state index contributed by atoms with van der Waals surface area (Å²) in [5, 5.41) is 21.9. The molecule has 2 aromatic carbocycles. The first kappa shape index (κ1) is 26.6. The van der Waals surface area contributed by atoms with Crippen LogP contribution >= 0.6 is 0 Å². The van der Waals surface area contributed by atoms with Gasteiger partial charge < -0.3 is 20.1 Å². The Balaban J connectivity index is 1.79. The zero-order valence-corrected chi connectivity index (χ0v) is 22.1. The van der Waals surface area contributed by atoms with E-state index in [0.29, 0.717) is 24.4 Å². The lowest BCUT2D eigenvalue weighted by Gasteiger charge is -2.32. The largest absolute Gasteiger partial charge is 0.507 e. The highest BCUT2D eigenvalue weighted by molar-refractivity contribution is 5.92. The molecule has 2 N–H and O–H groups in total. The molecule has 3 aromatic rings. The Hall–Kier alpha value is -3.50. The maximum Gasteiger partial charge on any atom is 0.289 e. The summed E-state index contributed by atoms with van der Waals surface area (Å²) in [5.41, 5.74) is 2.14. The fourth-order valence-corrected chi connectivity index (χ4v) is 4.56. The van der Waals surface area contributed by atoms with Crippen molar-refractivity contribution >= 4 is 5.91 Å². The summed E-state index contributed by atoms with van der Waals surface area (Å²) in [7, 11) is 3.63. The molecular formula is C27H35FN6O3. The molecule has 37 heavy (non-hydrogen) atoms. The normalized spacial score (nSPS) is 14.8. The van der Waals surface area contributed by atoms with Crippen molar-refractivity contribution in [2.24, 2.45) is 0 Å². The predicted molar refractivity (Wildman–Crippen MR) is 140 cm³/mol. The Morgan fingerprint density at radius 1 is 1.16 bits per heavy atom. The van der Waals surface area contributed by atoms with Crippen molar-refractivity contribution in [2.75, 3.05) is 46.9 Å². The van der Waals surface area contributed by atoms with E-state index < -0.39 is 11.7 Å². The van der Waals surface area contributed by atoms with Crippen molar-refractivity contribution in [3.8, 4) is 28.6 Å². The van der Waals surface area contributed by atoms with Crippen molar-refractivity contribution in [3.05, 3.63) is 53.1 Å². The average Bonchev–Trinajstić information content (AvgIpc) is 3.30. The molecule has 198 valence electrons. The van der Waals surface area contributed by atoms with E-state index in [4.69, 9.17) is 4.74 Å². The third kappa shape index (κ3) is 5.60. The minimum Gasteiger partial charge on any atom is -0.507 e. The maximum absolute atomic E-state index is 15.7. The van der Waals surface area contributed by atoms with Gasteiger partial charge in [-0.2, -0.15) is 0 Å². The standard InChI is InChI=1S/C27H35FN6O3/c1-6-29-27(36)26-31-30-25(20-14-19(17(2)3)24(37-5)15-23(20)35)34(26)22-8-7-18(13-21(22)28)16-33-11-9-32(4)10-12-33/h7-8,13-15,17,35H,6,9-12,16H2,1-5H3,(H,29,36). The van der Waals surface area contributed by atoms with E-state index in [2.05, 4.69) is 32.4 Å². The van der Waals surface area contributed by atoms with E-state index >= 15 is 4.39 Å². The maximum atomic E-state index is 15.7. The number of nitrogens with zero attached hydrogens (tertiary/aromatic N) is 5. The number of likely N-dealkylation sites (N-methyl/N-ethyl adjacent to an activating group) is 1. The van der Waals surface area contributed by atoms with Crippen LogP contribution in [0.3, 0.4) is 0 Å². The molecule has 0 atom stereocenters. The fourth-order valence-electron chi connectivity index (χ4n) is 4.56. The highest BCUT2D eigenvalue weighted by Crippen LogP contribution is 2.39. The predicted octanol–water partition coefficient (Wildman–Crippen LogP) is 3.41. The van der Waals surface area contributed by atoms with E-state index in [0.717, 1.165) is 37.3 Å². The Morgan fingerprint density at radius 3 is 2.51 bits per heavy atom. The van der Waals surface area contributed by atoms with Crippen molar-refractivity contribution in [2.45, 2.75) is 33.2 Å². The van der Waals surface area contributed by atoms with Gasteiger partial charge in [0.25, 0.3) is 5.91 Å². The second-order valence-corrected chi connectivity index (χ2v) is 9.67. The molecule has 0 spiro atoms. The smallest absolute Gasteiger partial charge is 0.289 e. The van der Waals surface area contributed by atoms with E-state index in [-0.39, 0.29) is 29.0 Å². The van der Waals surface area contributed by atoms with Crippen LogP contribution in [0.4, 0.5) is 4.39 Å². The van der Waals surface area contributed by atoms with Crippen LogP contribution in [-0.4, -0.2) is 82.5 Å². The summed E-state index contributed by atoms with van der Waals surface area (Å²) in [6.45, 7) is 10.6. The number of nitrogens with one attached hydrogen (secondary N) is 1. The number of carbonyl (C=O) groups is 1. The second-order valence-electron chi connectivity index (χ2n) is 9.67. The SMILES string of the molecule is CCNC(=O)c1nnc(-c2cc(C(C)C)c(OC)cc2O)n1-c1ccc(CN2CCN(C)CC2)cc1F. The number of phenols is 1. The van der Waals surface area contributed by atoms with Crippen molar-refractivity contribution in [3.63, 3.8) is 0 Å². The van der Waals surface area contributed by atoms with Crippen LogP contribution in [0.5, 0.6) is 11.5 Å². The molecule has 4 rings (SSSR count).